The van der Waals surface area contributed by atoms with Crippen molar-refractivity contribution in [3.63, 3.8) is 0 Å². The third-order valence-corrected chi connectivity index (χ3v) is 2.14. The van der Waals surface area contributed by atoms with Crippen molar-refractivity contribution in [2.75, 3.05) is 12.4 Å². The lowest BCUT2D eigenvalue weighted by molar-refractivity contribution is 0.0596. The van der Waals surface area contributed by atoms with Gasteiger partial charge in [0.2, 0.25) is 0 Å². The highest BCUT2D eigenvalue weighted by Crippen LogP contribution is 2.17. The number of carbonyl (C=O) groups excluding carboxylic acids is 2. The molecular formula is C14H19NO4. The summed E-state index contributed by atoms with van der Waals surface area (Å²) in [5.74, 6) is -0.448. The minimum atomic E-state index is -0.570. The van der Waals surface area contributed by atoms with E-state index in [0.29, 0.717) is 11.3 Å². The van der Waals surface area contributed by atoms with Crippen molar-refractivity contribution in [1.82, 2.24) is 0 Å². The molecule has 0 saturated heterocycles. The van der Waals surface area contributed by atoms with Gasteiger partial charge in [-0.15, -0.1) is 0 Å². The highest BCUT2D eigenvalue weighted by atomic mass is 16.6. The number of hydrogen-bond acceptors (Lipinski definition) is 4. The van der Waals surface area contributed by atoms with E-state index in [9.17, 15) is 9.59 Å². The summed E-state index contributed by atoms with van der Waals surface area (Å²) < 4.78 is 9.79. The molecule has 0 radical (unpaired) electrons. The molecule has 19 heavy (non-hydrogen) atoms. The van der Waals surface area contributed by atoms with Crippen molar-refractivity contribution in [3.8, 4) is 0 Å². The predicted octanol–water partition coefficient (Wildman–Crippen LogP) is 3.13. The summed E-state index contributed by atoms with van der Waals surface area (Å²) >= 11 is 0. The predicted molar refractivity (Wildman–Crippen MR) is 72.4 cm³/mol. The largest absolute Gasteiger partial charge is 0.465 e. The molecule has 0 atom stereocenters. The fourth-order valence-electron chi connectivity index (χ4n) is 1.51. The van der Waals surface area contributed by atoms with Crippen LogP contribution in [-0.2, 0) is 9.47 Å². The molecule has 1 N–H and O–H groups in total. The van der Waals surface area contributed by atoms with E-state index in [1.807, 2.05) is 6.92 Å². The number of nitrogens with one attached hydrogen (secondary N) is 1. The molecule has 0 spiro atoms. The lowest BCUT2D eigenvalue weighted by Gasteiger charge is -2.19. The van der Waals surface area contributed by atoms with Crippen molar-refractivity contribution < 1.29 is 19.1 Å². The second-order valence-electron chi connectivity index (χ2n) is 5.21. The first-order chi connectivity index (χ1) is 8.71. The number of carbonyl (C=O) groups is 2. The van der Waals surface area contributed by atoms with Gasteiger partial charge in [-0.3, -0.25) is 5.32 Å². The summed E-state index contributed by atoms with van der Waals surface area (Å²) in [6.45, 7) is 7.17. The Bertz CT molecular complexity index is 489. The summed E-state index contributed by atoms with van der Waals surface area (Å²) in [5, 5.41) is 2.59. The van der Waals surface area contributed by atoms with Gasteiger partial charge in [-0.05, 0) is 51.5 Å². The topological polar surface area (TPSA) is 64.6 Å². The Morgan fingerprint density at radius 3 is 2.32 bits per heavy atom. The van der Waals surface area contributed by atoms with Crippen molar-refractivity contribution in [2.45, 2.75) is 33.3 Å². The maximum atomic E-state index is 11.6. The highest BCUT2D eigenvalue weighted by Gasteiger charge is 2.17. The second kappa shape index (κ2) is 5.73. The number of methoxy groups -OCH3 is 1. The molecule has 0 aliphatic carbocycles. The summed E-state index contributed by atoms with van der Waals surface area (Å²) in [5.41, 5.74) is 1.15. The van der Waals surface area contributed by atoms with Crippen molar-refractivity contribution in [2.24, 2.45) is 0 Å². The van der Waals surface area contributed by atoms with Gasteiger partial charge in [-0.1, -0.05) is 0 Å². The number of benzene rings is 1. The molecular weight excluding hydrogens is 246 g/mol. The maximum absolute atomic E-state index is 11.6. The monoisotopic (exact) mass is 265 g/mol. The number of ether oxygens (including phenoxy) is 2. The van der Waals surface area contributed by atoms with Crippen LogP contribution in [-0.4, -0.2) is 24.8 Å². The van der Waals surface area contributed by atoms with Gasteiger partial charge in [0.25, 0.3) is 0 Å². The first-order valence-corrected chi connectivity index (χ1v) is 5.91. The second-order valence-corrected chi connectivity index (χ2v) is 5.21. The van der Waals surface area contributed by atoms with E-state index in [-0.39, 0.29) is 0 Å². The first kappa shape index (κ1) is 15.0. The molecule has 104 valence electrons. The normalized spacial score (nSPS) is 10.8. The van der Waals surface area contributed by atoms with Crippen LogP contribution in [0.5, 0.6) is 0 Å². The van der Waals surface area contributed by atoms with E-state index in [1.54, 1.807) is 39.0 Å². The Kier molecular flexibility index (Phi) is 4.53. The van der Waals surface area contributed by atoms with Crippen LogP contribution in [0, 0.1) is 6.92 Å². The summed E-state index contributed by atoms with van der Waals surface area (Å²) in [7, 11) is 1.31. The van der Waals surface area contributed by atoms with Crippen LogP contribution in [0.4, 0.5) is 10.5 Å². The van der Waals surface area contributed by atoms with Crippen LogP contribution in [0.3, 0.4) is 0 Å². The van der Waals surface area contributed by atoms with Gasteiger partial charge in [-0.2, -0.15) is 0 Å². The summed E-state index contributed by atoms with van der Waals surface area (Å²) in [4.78, 5) is 23.1. The van der Waals surface area contributed by atoms with Crippen LogP contribution < -0.4 is 5.32 Å². The molecule has 5 heteroatoms. The zero-order valence-corrected chi connectivity index (χ0v) is 11.9. The third-order valence-electron chi connectivity index (χ3n) is 2.14. The van der Waals surface area contributed by atoms with E-state index in [0.717, 1.165) is 5.56 Å². The highest BCUT2D eigenvalue weighted by molar-refractivity contribution is 5.93. The van der Waals surface area contributed by atoms with E-state index in [1.165, 1.54) is 7.11 Å². The van der Waals surface area contributed by atoms with Gasteiger partial charge in [-0.25, -0.2) is 9.59 Å². The SMILES string of the molecule is COC(=O)c1cc(C)cc(NC(=O)OC(C)(C)C)c1. The number of anilines is 1. The number of hydrogen-bond donors (Lipinski definition) is 1. The molecule has 1 amide bonds. The first-order valence-electron chi connectivity index (χ1n) is 5.91. The molecule has 0 bridgehead atoms. The fraction of sp³-hybridized carbons (Fsp3) is 0.429. The van der Waals surface area contributed by atoms with E-state index in [2.05, 4.69) is 10.1 Å². The summed E-state index contributed by atoms with van der Waals surface area (Å²) in [6.07, 6.45) is -0.561. The Labute approximate surface area is 112 Å². The maximum Gasteiger partial charge on any atom is 0.412 e. The molecule has 1 aromatic rings. The average molecular weight is 265 g/mol. The fourth-order valence-corrected chi connectivity index (χ4v) is 1.51. The van der Waals surface area contributed by atoms with Crippen LogP contribution in [0.1, 0.15) is 36.7 Å². The van der Waals surface area contributed by atoms with Gasteiger partial charge in [0.15, 0.2) is 0 Å². The van der Waals surface area contributed by atoms with Crippen LogP contribution >= 0.6 is 0 Å². The van der Waals surface area contributed by atoms with Crippen molar-refractivity contribution in [1.29, 1.82) is 0 Å². The molecule has 0 unspecified atom stereocenters. The van der Waals surface area contributed by atoms with E-state index in [4.69, 9.17) is 4.74 Å². The number of esters is 1. The number of rotatable bonds is 2. The molecule has 0 aliphatic rings. The standard InChI is InChI=1S/C14H19NO4/c1-9-6-10(12(16)18-5)8-11(7-9)15-13(17)19-14(2,3)4/h6-8H,1-5H3,(H,15,17). The van der Waals surface area contributed by atoms with Gasteiger partial charge in [0.05, 0.1) is 12.7 Å². The molecule has 5 nitrogen and oxygen atoms in total. The smallest absolute Gasteiger partial charge is 0.412 e. The van der Waals surface area contributed by atoms with Crippen LogP contribution in [0.25, 0.3) is 0 Å². The van der Waals surface area contributed by atoms with Gasteiger partial charge in [0, 0.05) is 5.69 Å². The molecule has 1 aromatic carbocycles. The third kappa shape index (κ3) is 4.99. The molecule has 0 aromatic heterocycles. The Hall–Kier alpha value is -2.04. The lowest BCUT2D eigenvalue weighted by Crippen LogP contribution is -2.27. The van der Waals surface area contributed by atoms with Gasteiger partial charge >= 0.3 is 12.1 Å². The summed E-state index contributed by atoms with van der Waals surface area (Å²) in [6, 6.07) is 4.98. The molecule has 0 fully saturated rings. The van der Waals surface area contributed by atoms with Crippen molar-refractivity contribution >= 4 is 17.7 Å². The quantitative estimate of drug-likeness (QED) is 0.834. The van der Waals surface area contributed by atoms with Crippen LogP contribution in [0.15, 0.2) is 18.2 Å². The molecule has 0 aliphatic heterocycles. The Balaban J connectivity index is 2.87. The van der Waals surface area contributed by atoms with Crippen LogP contribution in [0.2, 0.25) is 0 Å². The Morgan fingerprint density at radius 1 is 1.16 bits per heavy atom. The molecule has 0 saturated carbocycles. The Morgan fingerprint density at radius 2 is 1.79 bits per heavy atom. The number of aryl methyl sites for hydroxylation is 1. The average Bonchev–Trinajstić information content (AvgIpc) is 2.24. The van der Waals surface area contributed by atoms with Crippen molar-refractivity contribution in [3.05, 3.63) is 29.3 Å². The van der Waals surface area contributed by atoms with Gasteiger partial charge < -0.3 is 9.47 Å². The van der Waals surface area contributed by atoms with E-state index >= 15 is 0 Å². The zero-order chi connectivity index (χ0) is 14.6. The van der Waals surface area contributed by atoms with E-state index < -0.39 is 17.7 Å². The zero-order valence-electron chi connectivity index (χ0n) is 11.9. The van der Waals surface area contributed by atoms with Gasteiger partial charge in [0.1, 0.15) is 5.60 Å². The number of amides is 1. The molecule has 1 rings (SSSR count). The minimum Gasteiger partial charge on any atom is -0.465 e. The lowest BCUT2D eigenvalue weighted by atomic mass is 10.1. The molecule has 0 heterocycles. The minimum absolute atomic E-state index is 0.383.